The maximum absolute atomic E-state index is 12.2. The average molecular weight is 391 g/mol. The van der Waals surface area contributed by atoms with Crippen molar-refractivity contribution in [2.24, 2.45) is 0 Å². The van der Waals surface area contributed by atoms with Crippen LogP contribution in [0.4, 0.5) is 5.69 Å². The van der Waals surface area contributed by atoms with Crippen molar-refractivity contribution in [3.63, 3.8) is 0 Å². The zero-order chi connectivity index (χ0) is 15.6. The van der Waals surface area contributed by atoms with Gasteiger partial charge < -0.3 is 5.11 Å². The van der Waals surface area contributed by atoms with Crippen molar-refractivity contribution >= 4 is 48.9 Å². The molecule has 21 heavy (non-hydrogen) atoms. The molecule has 0 aromatic carbocycles. The van der Waals surface area contributed by atoms with Gasteiger partial charge in [0.05, 0.1) is 27.8 Å². The lowest BCUT2D eigenvalue weighted by Gasteiger charge is -2.06. The van der Waals surface area contributed by atoms with Gasteiger partial charge in [0, 0.05) is 0 Å². The number of thiophene rings is 1. The molecule has 0 saturated heterocycles. The molecular weight excluding hydrogens is 380 g/mol. The molecule has 0 radical (unpaired) electrons. The van der Waals surface area contributed by atoms with E-state index in [1.807, 2.05) is 6.92 Å². The molecule has 0 saturated carbocycles. The second-order valence-electron chi connectivity index (χ2n) is 4.24. The molecule has 0 atom stereocenters. The third kappa shape index (κ3) is 4.02. The first kappa shape index (κ1) is 15.9. The van der Waals surface area contributed by atoms with Crippen LogP contribution in [0, 0.1) is 6.92 Å². The number of aryl methyl sites for hydroxylation is 1. The number of carbonyl (C=O) groups is 1. The van der Waals surface area contributed by atoms with Gasteiger partial charge in [-0.05, 0) is 46.6 Å². The number of aliphatic carboxylic acids is 1. The first-order chi connectivity index (χ1) is 9.78. The second-order valence-corrected chi connectivity index (χ2v) is 8.52. The van der Waals surface area contributed by atoms with Crippen LogP contribution in [0.25, 0.3) is 0 Å². The fourth-order valence-electron chi connectivity index (χ4n) is 1.51. The third-order valence-electron chi connectivity index (χ3n) is 2.51. The SMILES string of the molecule is Cc1cc(S(=O)(=O)Nc2ccc(CC(=O)O)nc2)sc1Br. The topological polar surface area (TPSA) is 96.4 Å². The smallest absolute Gasteiger partial charge is 0.309 e. The van der Waals surface area contributed by atoms with Gasteiger partial charge in [0.25, 0.3) is 10.0 Å². The van der Waals surface area contributed by atoms with E-state index in [0.717, 1.165) is 20.7 Å². The van der Waals surface area contributed by atoms with Gasteiger partial charge in [-0.25, -0.2) is 8.42 Å². The molecule has 0 bridgehead atoms. The maximum atomic E-state index is 12.2. The number of pyridine rings is 1. The lowest BCUT2D eigenvalue weighted by atomic mass is 10.3. The summed E-state index contributed by atoms with van der Waals surface area (Å²) in [6.45, 7) is 1.81. The summed E-state index contributed by atoms with van der Waals surface area (Å²) in [5.41, 5.74) is 1.49. The van der Waals surface area contributed by atoms with Crippen LogP contribution in [0.2, 0.25) is 0 Å². The van der Waals surface area contributed by atoms with Gasteiger partial charge in [-0.15, -0.1) is 11.3 Å². The van der Waals surface area contributed by atoms with E-state index in [1.54, 1.807) is 6.07 Å². The monoisotopic (exact) mass is 390 g/mol. The highest BCUT2D eigenvalue weighted by atomic mass is 79.9. The Labute approximate surface area is 134 Å². The molecule has 2 heterocycles. The molecule has 0 aliphatic heterocycles. The van der Waals surface area contributed by atoms with Crippen molar-refractivity contribution in [2.45, 2.75) is 17.6 Å². The molecular formula is C12H11BrN2O4S2. The van der Waals surface area contributed by atoms with Crippen LogP contribution >= 0.6 is 27.3 Å². The zero-order valence-electron chi connectivity index (χ0n) is 10.8. The van der Waals surface area contributed by atoms with Gasteiger partial charge in [0.1, 0.15) is 4.21 Å². The molecule has 2 aromatic rings. The highest BCUT2D eigenvalue weighted by Crippen LogP contribution is 2.31. The van der Waals surface area contributed by atoms with Gasteiger partial charge >= 0.3 is 5.97 Å². The van der Waals surface area contributed by atoms with E-state index in [0.29, 0.717) is 5.69 Å². The Hall–Kier alpha value is -1.45. The summed E-state index contributed by atoms with van der Waals surface area (Å²) >= 11 is 4.40. The fraction of sp³-hybridized carbons (Fsp3) is 0.167. The summed E-state index contributed by atoms with van der Waals surface area (Å²) in [5.74, 6) is -0.991. The molecule has 2 N–H and O–H groups in total. The molecule has 112 valence electrons. The number of nitrogens with one attached hydrogen (secondary N) is 1. The summed E-state index contributed by atoms with van der Waals surface area (Å²) in [4.78, 5) is 14.5. The Morgan fingerprint density at radius 2 is 2.19 bits per heavy atom. The van der Waals surface area contributed by atoms with Gasteiger partial charge in [0.2, 0.25) is 0 Å². The van der Waals surface area contributed by atoms with Crippen molar-refractivity contribution in [3.8, 4) is 0 Å². The largest absolute Gasteiger partial charge is 0.481 e. The van der Waals surface area contributed by atoms with Gasteiger partial charge in [-0.2, -0.15) is 0 Å². The van der Waals surface area contributed by atoms with E-state index in [1.165, 1.54) is 18.3 Å². The minimum Gasteiger partial charge on any atom is -0.481 e. The third-order valence-corrected chi connectivity index (χ3v) is 6.50. The van der Waals surface area contributed by atoms with E-state index in [4.69, 9.17) is 5.11 Å². The van der Waals surface area contributed by atoms with Crippen LogP contribution in [-0.4, -0.2) is 24.5 Å². The number of halogens is 1. The zero-order valence-corrected chi connectivity index (χ0v) is 14.0. The first-order valence-electron chi connectivity index (χ1n) is 5.73. The predicted octanol–water partition coefficient (Wildman–Crippen LogP) is 2.64. The Morgan fingerprint density at radius 1 is 1.48 bits per heavy atom. The molecule has 0 unspecified atom stereocenters. The lowest BCUT2D eigenvalue weighted by molar-refractivity contribution is -0.136. The second kappa shape index (κ2) is 6.12. The molecule has 6 nitrogen and oxygen atoms in total. The number of anilines is 1. The molecule has 2 aromatic heterocycles. The number of carboxylic acid groups (broad SMARTS) is 1. The summed E-state index contributed by atoms with van der Waals surface area (Å²) in [6.07, 6.45) is 1.09. The molecule has 0 amide bonds. The van der Waals surface area contributed by atoms with Crippen LogP contribution in [-0.2, 0) is 21.2 Å². The number of nitrogens with zero attached hydrogens (tertiary/aromatic N) is 1. The first-order valence-corrected chi connectivity index (χ1v) is 8.82. The quantitative estimate of drug-likeness (QED) is 0.817. The van der Waals surface area contributed by atoms with E-state index in [-0.39, 0.29) is 16.3 Å². The molecule has 0 aliphatic carbocycles. The number of hydrogen-bond acceptors (Lipinski definition) is 5. The molecule has 0 fully saturated rings. The van der Waals surface area contributed by atoms with Crippen LogP contribution in [0.15, 0.2) is 32.4 Å². The standard InChI is InChI=1S/C12H11BrN2O4S2/c1-7-4-11(20-12(7)13)21(18,19)15-9-3-2-8(14-6-9)5-10(16)17/h2-4,6,15H,5H2,1H3,(H,16,17). The van der Waals surface area contributed by atoms with Crippen molar-refractivity contribution in [1.82, 2.24) is 4.98 Å². The Balaban J connectivity index is 2.18. The number of sulfonamides is 1. The van der Waals surface area contributed by atoms with Gasteiger partial charge in [-0.1, -0.05) is 0 Å². The highest BCUT2D eigenvalue weighted by Gasteiger charge is 2.18. The molecule has 0 spiro atoms. The molecule has 2 rings (SSSR count). The summed E-state index contributed by atoms with van der Waals surface area (Å²) in [7, 11) is -3.67. The Bertz CT molecular complexity index is 750. The van der Waals surface area contributed by atoms with Crippen LogP contribution < -0.4 is 4.72 Å². The van der Waals surface area contributed by atoms with Gasteiger partial charge in [-0.3, -0.25) is 14.5 Å². The summed E-state index contributed by atoms with van der Waals surface area (Å²) in [6, 6.07) is 4.53. The lowest BCUT2D eigenvalue weighted by Crippen LogP contribution is -2.12. The molecule has 9 heteroatoms. The van der Waals surface area contributed by atoms with E-state index in [2.05, 4.69) is 25.6 Å². The minimum atomic E-state index is -3.67. The van der Waals surface area contributed by atoms with Crippen molar-refractivity contribution in [2.75, 3.05) is 4.72 Å². The maximum Gasteiger partial charge on any atom is 0.309 e. The average Bonchev–Trinajstić information content (AvgIpc) is 2.72. The summed E-state index contributed by atoms with van der Waals surface area (Å²) < 4.78 is 27.7. The predicted molar refractivity (Wildman–Crippen MR) is 83.1 cm³/mol. The van der Waals surface area contributed by atoms with Crippen LogP contribution in [0.1, 0.15) is 11.3 Å². The minimum absolute atomic E-state index is 0.196. The van der Waals surface area contributed by atoms with Crippen molar-refractivity contribution < 1.29 is 18.3 Å². The number of rotatable bonds is 5. The van der Waals surface area contributed by atoms with Crippen molar-refractivity contribution in [1.29, 1.82) is 0 Å². The van der Waals surface area contributed by atoms with Gasteiger partial charge in [0.15, 0.2) is 0 Å². The molecule has 0 aliphatic rings. The van der Waals surface area contributed by atoms with Crippen LogP contribution in [0.5, 0.6) is 0 Å². The van der Waals surface area contributed by atoms with E-state index < -0.39 is 16.0 Å². The summed E-state index contributed by atoms with van der Waals surface area (Å²) in [5, 5.41) is 8.65. The Morgan fingerprint density at radius 3 is 2.67 bits per heavy atom. The number of carboxylic acids is 1. The van der Waals surface area contributed by atoms with E-state index >= 15 is 0 Å². The number of hydrogen-bond donors (Lipinski definition) is 2. The van der Waals surface area contributed by atoms with Crippen molar-refractivity contribution in [3.05, 3.63) is 39.4 Å². The Kier molecular flexibility index (Phi) is 4.64. The number of aromatic nitrogens is 1. The van der Waals surface area contributed by atoms with Crippen LogP contribution in [0.3, 0.4) is 0 Å². The normalized spacial score (nSPS) is 11.3. The fourth-order valence-corrected chi connectivity index (χ4v) is 4.78. The highest BCUT2D eigenvalue weighted by molar-refractivity contribution is 9.11. The van der Waals surface area contributed by atoms with E-state index in [9.17, 15) is 13.2 Å².